The van der Waals surface area contributed by atoms with E-state index in [0.717, 1.165) is 57.7 Å². The molecule has 1 aliphatic heterocycles. The van der Waals surface area contributed by atoms with Crippen LogP contribution in [0.2, 0.25) is 0 Å². The third-order valence-electron chi connectivity index (χ3n) is 6.37. The molecule has 2 aromatic rings. The van der Waals surface area contributed by atoms with E-state index in [2.05, 4.69) is 51.6 Å². The maximum Gasteiger partial charge on any atom is 0.257 e. The summed E-state index contributed by atoms with van der Waals surface area (Å²) in [7, 11) is 0. The highest BCUT2D eigenvalue weighted by atomic mass is 19.1. The van der Waals surface area contributed by atoms with Gasteiger partial charge in [0.05, 0.1) is 0 Å². The molecule has 8 heteroatoms. The minimum atomic E-state index is -0.954. The standard InChI is InChI=1S/C27H36F2N4O2/c1-19(2)25(31-26(34)24-22(28)10-7-11-23(24)29)27(35)30-12-4-5-13-32-14-16-33(17-15-32)21-9-6-8-20(3)18-21/h6-11,18-19,25H,4-5,12-17H2,1-3H3,(H,30,35)(H,31,34)/t25-/m0/s1. The van der Waals surface area contributed by atoms with Crippen LogP contribution in [-0.2, 0) is 4.79 Å². The second kappa shape index (κ2) is 12.6. The van der Waals surface area contributed by atoms with Gasteiger partial charge in [-0.25, -0.2) is 8.78 Å². The molecule has 0 bridgehead atoms. The molecule has 1 atom stereocenters. The van der Waals surface area contributed by atoms with Crippen LogP contribution >= 0.6 is 0 Å². The first kappa shape index (κ1) is 26.6. The van der Waals surface area contributed by atoms with Crippen molar-refractivity contribution < 1.29 is 18.4 Å². The van der Waals surface area contributed by atoms with Gasteiger partial charge in [-0.2, -0.15) is 0 Å². The number of benzene rings is 2. The average molecular weight is 487 g/mol. The Balaban J connectivity index is 1.38. The van der Waals surface area contributed by atoms with E-state index in [4.69, 9.17) is 0 Å². The third-order valence-corrected chi connectivity index (χ3v) is 6.37. The lowest BCUT2D eigenvalue weighted by atomic mass is 10.0. The number of nitrogens with one attached hydrogen (secondary N) is 2. The summed E-state index contributed by atoms with van der Waals surface area (Å²) in [5.41, 5.74) is 1.87. The van der Waals surface area contributed by atoms with E-state index in [1.54, 1.807) is 13.8 Å². The minimum Gasteiger partial charge on any atom is -0.369 e. The van der Waals surface area contributed by atoms with E-state index in [1.165, 1.54) is 17.3 Å². The van der Waals surface area contributed by atoms with Crippen molar-refractivity contribution in [2.24, 2.45) is 5.92 Å². The summed E-state index contributed by atoms with van der Waals surface area (Å²) < 4.78 is 27.8. The highest BCUT2D eigenvalue weighted by Gasteiger charge is 2.27. The molecule has 1 fully saturated rings. The minimum absolute atomic E-state index is 0.238. The van der Waals surface area contributed by atoms with Crippen LogP contribution in [0.4, 0.5) is 14.5 Å². The van der Waals surface area contributed by atoms with Gasteiger partial charge in [0.2, 0.25) is 5.91 Å². The molecule has 2 N–H and O–H groups in total. The second-order valence-electron chi connectivity index (χ2n) is 9.46. The highest BCUT2D eigenvalue weighted by Crippen LogP contribution is 2.18. The molecule has 2 amide bonds. The molecule has 0 aliphatic carbocycles. The number of carbonyl (C=O) groups excluding carboxylic acids is 2. The first-order chi connectivity index (χ1) is 16.8. The Labute approximate surface area is 206 Å². The Hall–Kier alpha value is -3.00. The van der Waals surface area contributed by atoms with E-state index in [9.17, 15) is 18.4 Å². The summed E-state index contributed by atoms with van der Waals surface area (Å²) in [6.45, 7) is 11.1. The molecular weight excluding hydrogens is 450 g/mol. The van der Waals surface area contributed by atoms with Crippen LogP contribution < -0.4 is 15.5 Å². The predicted octanol–water partition coefficient (Wildman–Crippen LogP) is 3.75. The maximum atomic E-state index is 13.9. The lowest BCUT2D eigenvalue weighted by Crippen LogP contribution is -2.50. The normalized spacial score (nSPS) is 15.2. The lowest BCUT2D eigenvalue weighted by molar-refractivity contribution is -0.123. The molecule has 1 aliphatic rings. The van der Waals surface area contributed by atoms with Gasteiger partial charge >= 0.3 is 0 Å². The molecule has 0 unspecified atom stereocenters. The van der Waals surface area contributed by atoms with Crippen molar-refractivity contribution in [1.82, 2.24) is 15.5 Å². The average Bonchev–Trinajstić information content (AvgIpc) is 2.82. The zero-order chi connectivity index (χ0) is 25.4. The molecule has 3 rings (SSSR count). The topological polar surface area (TPSA) is 64.7 Å². The van der Waals surface area contributed by atoms with Crippen LogP contribution in [0.5, 0.6) is 0 Å². The van der Waals surface area contributed by atoms with E-state index >= 15 is 0 Å². The van der Waals surface area contributed by atoms with E-state index < -0.39 is 29.1 Å². The van der Waals surface area contributed by atoms with Crippen LogP contribution in [-0.4, -0.2) is 62.0 Å². The largest absolute Gasteiger partial charge is 0.369 e. The van der Waals surface area contributed by atoms with Crippen molar-refractivity contribution in [3.8, 4) is 0 Å². The number of nitrogens with zero attached hydrogens (tertiary/aromatic N) is 2. The van der Waals surface area contributed by atoms with Crippen LogP contribution in [0.25, 0.3) is 0 Å². The molecule has 190 valence electrons. The molecular formula is C27H36F2N4O2. The fourth-order valence-electron chi connectivity index (χ4n) is 4.30. The van der Waals surface area contributed by atoms with Crippen LogP contribution in [0.1, 0.15) is 42.6 Å². The first-order valence-corrected chi connectivity index (χ1v) is 12.3. The zero-order valence-electron chi connectivity index (χ0n) is 20.8. The molecule has 2 aromatic carbocycles. The Morgan fingerprint density at radius 1 is 0.971 bits per heavy atom. The van der Waals surface area contributed by atoms with E-state index in [1.807, 2.05) is 0 Å². The van der Waals surface area contributed by atoms with Gasteiger partial charge < -0.3 is 15.5 Å². The number of hydrogen-bond acceptors (Lipinski definition) is 4. The van der Waals surface area contributed by atoms with E-state index in [0.29, 0.717) is 6.54 Å². The lowest BCUT2D eigenvalue weighted by Gasteiger charge is -2.36. The Kier molecular flexibility index (Phi) is 9.60. The van der Waals surface area contributed by atoms with Gasteiger partial charge in [0.15, 0.2) is 0 Å². The van der Waals surface area contributed by atoms with Crippen molar-refractivity contribution >= 4 is 17.5 Å². The fraction of sp³-hybridized carbons (Fsp3) is 0.481. The number of aryl methyl sites for hydroxylation is 1. The van der Waals surface area contributed by atoms with Gasteiger partial charge in [-0.15, -0.1) is 0 Å². The Bertz CT molecular complexity index is 986. The smallest absolute Gasteiger partial charge is 0.257 e. The number of piperazine rings is 1. The molecule has 1 heterocycles. The fourth-order valence-corrected chi connectivity index (χ4v) is 4.30. The van der Waals surface area contributed by atoms with Crippen molar-refractivity contribution in [2.75, 3.05) is 44.2 Å². The summed E-state index contributed by atoms with van der Waals surface area (Å²) in [6, 6.07) is 10.9. The zero-order valence-corrected chi connectivity index (χ0v) is 20.8. The van der Waals surface area contributed by atoms with Gasteiger partial charge in [0, 0.05) is 38.4 Å². The predicted molar refractivity (Wildman–Crippen MR) is 135 cm³/mol. The van der Waals surface area contributed by atoms with Crippen molar-refractivity contribution in [3.63, 3.8) is 0 Å². The van der Waals surface area contributed by atoms with Gasteiger partial charge in [-0.1, -0.05) is 32.0 Å². The van der Waals surface area contributed by atoms with Gasteiger partial charge in [0.1, 0.15) is 23.2 Å². The molecule has 0 aromatic heterocycles. The molecule has 35 heavy (non-hydrogen) atoms. The monoisotopic (exact) mass is 486 g/mol. The van der Waals surface area contributed by atoms with Gasteiger partial charge in [-0.3, -0.25) is 14.5 Å². The Morgan fingerprint density at radius 3 is 2.26 bits per heavy atom. The highest BCUT2D eigenvalue weighted by molar-refractivity contribution is 5.98. The van der Waals surface area contributed by atoms with Crippen molar-refractivity contribution in [3.05, 3.63) is 65.2 Å². The molecule has 0 saturated carbocycles. The summed E-state index contributed by atoms with van der Waals surface area (Å²) in [6.07, 6.45) is 1.76. The number of amides is 2. The summed E-state index contributed by atoms with van der Waals surface area (Å²) in [5.74, 6) is -3.43. The number of hydrogen-bond donors (Lipinski definition) is 2. The third kappa shape index (κ3) is 7.49. The maximum absolute atomic E-state index is 13.9. The van der Waals surface area contributed by atoms with Gasteiger partial charge in [-0.05, 0) is 62.1 Å². The number of unbranched alkanes of at least 4 members (excludes halogenated alkanes) is 1. The SMILES string of the molecule is Cc1cccc(N2CCN(CCCCNC(=O)[C@@H](NC(=O)c3c(F)cccc3F)C(C)C)CC2)c1. The summed E-state index contributed by atoms with van der Waals surface area (Å²) in [5, 5.41) is 5.34. The molecule has 0 spiro atoms. The number of halogens is 2. The van der Waals surface area contributed by atoms with Crippen molar-refractivity contribution in [1.29, 1.82) is 0 Å². The number of anilines is 1. The summed E-state index contributed by atoms with van der Waals surface area (Å²) in [4.78, 5) is 29.9. The number of carbonyl (C=O) groups is 2. The van der Waals surface area contributed by atoms with Crippen LogP contribution in [0.15, 0.2) is 42.5 Å². The number of rotatable bonds is 10. The molecule has 6 nitrogen and oxygen atoms in total. The Morgan fingerprint density at radius 2 is 1.63 bits per heavy atom. The second-order valence-corrected chi connectivity index (χ2v) is 9.46. The molecule has 1 saturated heterocycles. The summed E-state index contributed by atoms with van der Waals surface area (Å²) >= 11 is 0. The van der Waals surface area contributed by atoms with Crippen LogP contribution in [0, 0.1) is 24.5 Å². The molecule has 0 radical (unpaired) electrons. The van der Waals surface area contributed by atoms with Crippen molar-refractivity contribution in [2.45, 2.75) is 39.7 Å². The van der Waals surface area contributed by atoms with Crippen LogP contribution in [0.3, 0.4) is 0 Å². The van der Waals surface area contributed by atoms with E-state index in [-0.39, 0.29) is 11.8 Å². The quantitative estimate of drug-likeness (QED) is 0.502. The first-order valence-electron chi connectivity index (χ1n) is 12.3. The van der Waals surface area contributed by atoms with Gasteiger partial charge in [0.25, 0.3) is 5.91 Å².